The Hall–Kier alpha value is -2.40. The van der Waals surface area contributed by atoms with Crippen LogP contribution in [0.25, 0.3) is 21.5 Å². The summed E-state index contributed by atoms with van der Waals surface area (Å²) in [5.41, 5.74) is 1.12. The lowest BCUT2D eigenvalue weighted by molar-refractivity contribution is -0.139. The van der Waals surface area contributed by atoms with Gasteiger partial charge in [0.2, 0.25) is 0 Å². The molecule has 0 aliphatic heterocycles. The molecular weight excluding hydrogens is 364 g/mol. The van der Waals surface area contributed by atoms with Crippen LogP contribution in [-0.2, 0) is 25.6 Å². The van der Waals surface area contributed by atoms with Gasteiger partial charge in [-0.05, 0) is 45.3 Å². The summed E-state index contributed by atoms with van der Waals surface area (Å²) in [6.45, 7) is 5.20. The Balaban J connectivity index is 1.61. The predicted octanol–water partition coefficient (Wildman–Crippen LogP) is 4.91. The monoisotopic (exact) mass is 384 g/mol. The van der Waals surface area contributed by atoms with E-state index in [1.54, 1.807) is 0 Å². The van der Waals surface area contributed by atoms with Gasteiger partial charge in [-0.15, -0.1) is 0 Å². The van der Waals surface area contributed by atoms with Crippen molar-refractivity contribution in [3.8, 4) is 0 Å². The number of hydrogen-bond donors (Lipinski definition) is 0. The molecule has 0 fully saturated rings. The van der Waals surface area contributed by atoms with Gasteiger partial charge in [0.15, 0.2) is 0 Å². The number of carbonyl (C=O) groups is 1. The van der Waals surface area contributed by atoms with Crippen LogP contribution < -0.4 is 0 Å². The second kappa shape index (κ2) is 9.51. The number of rotatable bonds is 9. The average Bonchev–Trinajstić information content (AvgIpc) is 2.69. The van der Waals surface area contributed by atoms with Crippen LogP contribution in [0.3, 0.4) is 0 Å². The molecule has 0 saturated carbocycles. The van der Waals surface area contributed by atoms with E-state index in [2.05, 4.69) is 24.8 Å². The topological polar surface area (TPSA) is 44.8 Å². The minimum Gasteiger partial charge on any atom is -0.460 e. The molecule has 0 amide bonds. The maximum absolute atomic E-state index is 10.9. The summed E-state index contributed by atoms with van der Waals surface area (Å²) in [5, 5.41) is 5.27. The van der Waals surface area contributed by atoms with E-state index in [1.807, 2.05) is 30.3 Å². The highest BCUT2D eigenvalue weighted by Gasteiger charge is 2.08. The Morgan fingerprint density at radius 3 is 2.52 bits per heavy atom. The van der Waals surface area contributed by atoms with Gasteiger partial charge < -0.3 is 14.2 Å². The third-order valence-corrected chi connectivity index (χ3v) is 4.43. The SMILES string of the molecule is C=CC(=O)OCCOCCOCc1c2ccccc2cc2ccc(Cl)cc12. The van der Waals surface area contributed by atoms with Crippen LogP contribution in [0.15, 0.2) is 61.2 Å². The zero-order valence-corrected chi connectivity index (χ0v) is 15.7. The molecule has 0 aliphatic rings. The largest absolute Gasteiger partial charge is 0.460 e. The number of fused-ring (bicyclic) bond motifs is 2. The maximum atomic E-state index is 10.9. The second-order valence-electron chi connectivity index (χ2n) is 5.98. The lowest BCUT2D eigenvalue weighted by Gasteiger charge is -2.13. The van der Waals surface area contributed by atoms with Gasteiger partial charge in [-0.3, -0.25) is 0 Å². The molecule has 0 unspecified atom stereocenters. The van der Waals surface area contributed by atoms with Crippen LogP contribution in [0.5, 0.6) is 0 Å². The second-order valence-corrected chi connectivity index (χ2v) is 6.41. The van der Waals surface area contributed by atoms with Gasteiger partial charge in [-0.2, -0.15) is 0 Å². The van der Waals surface area contributed by atoms with Gasteiger partial charge in [0.05, 0.1) is 26.4 Å². The number of carbonyl (C=O) groups excluding carboxylic acids is 1. The zero-order valence-electron chi connectivity index (χ0n) is 14.9. The number of esters is 1. The first-order valence-corrected chi connectivity index (χ1v) is 9.11. The Morgan fingerprint density at radius 2 is 1.67 bits per heavy atom. The molecule has 0 saturated heterocycles. The molecule has 140 valence electrons. The van der Waals surface area contributed by atoms with Crippen molar-refractivity contribution in [3.05, 3.63) is 71.8 Å². The van der Waals surface area contributed by atoms with Crippen molar-refractivity contribution in [1.82, 2.24) is 0 Å². The molecule has 5 heteroatoms. The van der Waals surface area contributed by atoms with E-state index in [1.165, 1.54) is 5.39 Å². The fourth-order valence-electron chi connectivity index (χ4n) is 2.94. The van der Waals surface area contributed by atoms with Gasteiger partial charge in [-0.1, -0.05) is 48.5 Å². The van der Waals surface area contributed by atoms with Crippen molar-refractivity contribution in [2.75, 3.05) is 26.4 Å². The van der Waals surface area contributed by atoms with E-state index >= 15 is 0 Å². The smallest absolute Gasteiger partial charge is 0.330 e. The fraction of sp³-hybridized carbons (Fsp3) is 0.227. The molecule has 0 bridgehead atoms. The summed E-state index contributed by atoms with van der Waals surface area (Å²) in [4.78, 5) is 10.9. The van der Waals surface area contributed by atoms with Crippen molar-refractivity contribution in [3.63, 3.8) is 0 Å². The summed E-state index contributed by atoms with van der Waals surface area (Å²) in [5.74, 6) is -0.448. The minimum atomic E-state index is -0.448. The van der Waals surface area contributed by atoms with E-state index < -0.39 is 5.97 Å². The van der Waals surface area contributed by atoms with E-state index in [0.717, 1.165) is 27.8 Å². The third-order valence-electron chi connectivity index (χ3n) is 4.19. The maximum Gasteiger partial charge on any atom is 0.330 e. The first-order valence-electron chi connectivity index (χ1n) is 8.73. The van der Waals surface area contributed by atoms with Crippen LogP contribution in [0.2, 0.25) is 5.02 Å². The van der Waals surface area contributed by atoms with Gasteiger partial charge in [0, 0.05) is 11.1 Å². The molecule has 3 rings (SSSR count). The summed E-state index contributed by atoms with van der Waals surface area (Å²) < 4.78 is 16.1. The van der Waals surface area contributed by atoms with Crippen LogP contribution >= 0.6 is 11.6 Å². The van der Waals surface area contributed by atoms with Crippen LogP contribution in [0, 0.1) is 0 Å². The van der Waals surface area contributed by atoms with Gasteiger partial charge in [-0.25, -0.2) is 4.79 Å². The number of halogens is 1. The van der Waals surface area contributed by atoms with Crippen molar-refractivity contribution in [1.29, 1.82) is 0 Å². The molecule has 4 nitrogen and oxygen atoms in total. The quantitative estimate of drug-likeness (QED) is 0.227. The molecule has 27 heavy (non-hydrogen) atoms. The summed E-state index contributed by atoms with van der Waals surface area (Å²) in [6, 6.07) is 16.3. The number of hydrogen-bond acceptors (Lipinski definition) is 4. The van der Waals surface area contributed by atoms with E-state index in [0.29, 0.717) is 31.5 Å². The van der Waals surface area contributed by atoms with Crippen molar-refractivity contribution >= 4 is 39.1 Å². The third kappa shape index (κ3) is 5.07. The van der Waals surface area contributed by atoms with Crippen LogP contribution in [0.4, 0.5) is 0 Å². The van der Waals surface area contributed by atoms with Crippen molar-refractivity contribution < 1.29 is 19.0 Å². The Kier molecular flexibility index (Phi) is 6.82. The normalized spacial score (nSPS) is 11.0. The van der Waals surface area contributed by atoms with Crippen molar-refractivity contribution in [2.45, 2.75) is 6.61 Å². The number of ether oxygens (including phenoxy) is 3. The Labute approximate surface area is 163 Å². The molecule has 3 aromatic rings. The molecule has 3 aromatic carbocycles. The molecule has 0 spiro atoms. The van der Waals surface area contributed by atoms with E-state index in [-0.39, 0.29) is 6.61 Å². The molecule has 0 aliphatic carbocycles. The molecule has 0 atom stereocenters. The first kappa shape index (κ1) is 19.4. The minimum absolute atomic E-state index is 0.206. The van der Waals surface area contributed by atoms with Crippen molar-refractivity contribution in [2.24, 2.45) is 0 Å². The predicted molar refractivity (Wildman–Crippen MR) is 108 cm³/mol. The molecule has 0 N–H and O–H groups in total. The Morgan fingerprint density at radius 1 is 0.926 bits per heavy atom. The summed E-state index contributed by atoms with van der Waals surface area (Å²) in [7, 11) is 0. The molecule has 0 radical (unpaired) electrons. The standard InChI is InChI=1S/C22H21ClO4/c1-2-22(24)27-12-11-25-9-10-26-15-21-19-6-4-3-5-16(19)13-17-7-8-18(23)14-20(17)21/h2-8,13-14H,1,9-12,15H2. The summed E-state index contributed by atoms with van der Waals surface area (Å²) in [6.07, 6.45) is 1.13. The molecular formula is C22H21ClO4. The molecule has 0 heterocycles. The molecule has 0 aromatic heterocycles. The van der Waals surface area contributed by atoms with E-state index in [4.69, 9.17) is 25.8 Å². The van der Waals surface area contributed by atoms with Crippen LogP contribution in [0.1, 0.15) is 5.56 Å². The highest BCUT2D eigenvalue weighted by molar-refractivity contribution is 6.31. The van der Waals surface area contributed by atoms with Gasteiger partial charge >= 0.3 is 5.97 Å². The van der Waals surface area contributed by atoms with Gasteiger partial charge in [0.1, 0.15) is 6.61 Å². The number of benzene rings is 3. The van der Waals surface area contributed by atoms with Crippen LogP contribution in [-0.4, -0.2) is 32.4 Å². The van der Waals surface area contributed by atoms with Gasteiger partial charge in [0.25, 0.3) is 0 Å². The fourth-order valence-corrected chi connectivity index (χ4v) is 3.11. The average molecular weight is 385 g/mol. The zero-order chi connectivity index (χ0) is 19.1. The van der Waals surface area contributed by atoms with E-state index in [9.17, 15) is 4.79 Å². The summed E-state index contributed by atoms with van der Waals surface area (Å²) >= 11 is 6.20. The highest BCUT2D eigenvalue weighted by Crippen LogP contribution is 2.30. The lowest BCUT2D eigenvalue weighted by Crippen LogP contribution is -2.11. The Bertz CT molecular complexity index is 952. The lowest BCUT2D eigenvalue weighted by atomic mass is 9.97. The highest BCUT2D eigenvalue weighted by atomic mass is 35.5. The first-order chi connectivity index (χ1) is 13.2.